The van der Waals surface area contributed by atoms with Gasteiger partial charge in [-0.1, -0.05) is 0 Å². The minimum Gasteiger partial charge on any atom is -0.359 e. The standard InChI is InChI=1S/C11H18N2O3/c1-12-10(14)8-6-3-4-7(5-6)9(8)11(15)13(2)16/h6-9,16H,3-5H2,1-2H3,(H,12,14)/t6?,7?,8-,9-/m0/s1. The van der Waals surface area contributed by atoms with Crippen molar-refractivity contribution in [3.8, 4) is 0 Å². The average Bonchev–Trinajstić information content (AvgIpc) is 2.86. The Kier molecular flexibility index (Phi) is 2.88. The largest absolute Gasteiger partial charge is 0.359 e. The van der Waals surface area contributed by atoms with Crippen LogP contribution in [0.15, 0.2) is 0 Å². The molecule has 2 aliphatic rings. The van der Waals surface area contributed by atoms with E-state index in [-0.39, 0.29) is 29.6 Å². The van der Waals surface area contributed by atoms with Gasteiger partial charge in [-0.25, -0.2) is 5.06 Å². The normalized spacial score (nSPS) is 36.2. The lowest BCUT2D eigenvalue weighted by atomic mass is 9.78. The second kappa shape index (κ2) is 4.05. The maximum Gasteiger partial charge on any atom is 0.249 e. The summed E-state index contributed by atoms with van der Waals surface area (Å²) in [5.74, 6) is -0.360. The Labute approximate surface area is 94.8 Å². The Morgan fingerprint density at radius 3 is 2.31 bits per heavy atom. The van der Waals surface area contributed by atoms with Crippen LogP contribution >= 0.6 is 0 Å². The molecule has 0 aliphatic heterocycles. The summed E-state index contributed by atoms with van der Waals surface area (Å²) < 4.78 is 0. The van der Waals surface area contributed by atoms with Crippen molar-refractivity contribution in [1.82, 2.24) is 10.4 Å². The average molecular weight is 226 g/mol. The first-order valence-corrected chi connectivity index (χ1v) is 5.74. The summed E-state index contributed by atoms with van der Waals surface area (Å²) in [5, 5.41) is 12.5. The molecule has 0 heterocycles. The summed E-state index contributed by atoms with van der Waals surface area (Å²) in [5.41, 5.74) is 0. The van der Waals surface area contributed by atoms with Crippen LogP contribution in [0.1, 0.15) is 19.3 Å². The number of carbonyl (C=O) groups excluding carboxylic acids is 2. The minimum absolute atomic E-state index is 0.0626. The fraction of sp³-hybridized carbons (Fsp3) is 0.818. The Balaban J connectivity index is 2.21. The molecule has 2 unspecified atom stereocenters. The number of rotatable bonds is 2. The highest BCUT2D eigenvalue weighted by molar-refractivity contribution is 5.88. The third-order valence-electron chi connectivity index (χ3n) is 4.07. The number of hydrogen-bond acceptors (Lipinski definition) is 3. The van der Waals surface area contributed by atoms with E-state index in [0.29, 0.717) is 11.0 Å². The van der Waals surface area contributed by atoms with Crippen molar-refractivity contribution < 1.29 is 14.8 Å². The molecule has 2 fully saturated rings. The number of carbonyl (C=O) groups is 2. The molecule has 0 aromatic heterocycles. The van der Waals surface area contributed by atoms with Crippen LogP contribution in [0.2, 0.25) is 0 Å². The van der Waals surface area contributed by atoms with Gasteiger partial charge in [-0.2, -0.15) is 0 Å². The fourth-order valence-electron chi connectivity index (χ4n) is 3.41. The summed E-state index contributed by atoms with van der Waals surface area (Å²) in [4.78, 5) is 23.6. The highest BCUT2D eigenvalue weighted by atomic mass is 16.5. The maximum absolute atomic E-state index is 11.9. The van der Waals surface area contributed by atoms with Crippen LogP contribution in [0.5, 0.6) is 0 Å². The lowest BCUT2D eigenvalue weighted by molar-refractivity contribution is -0.169. The van der Waals surface area contributed by atoms with Crippen LogP contribution in [0.3, 0.4) is 0 Å². The van der Waals surface area contributed by atoms with Crippen LogP contribution in [0.25, 0.3) is 0 Å². The van der Waals surface area contributed by atoms with E-state index in [1.807, 2.05) is 0 Å². The van der Waals surface area contributed by atoms with Crippen LogP contribution < -0.4 is 5.32 Å². The summed E-state index contributed by atoms with van der Waals surface area (Å²) in [6.45, 7) is 0. The molecule has 0 radical (unpaired) electrons. The number of hydroxylamine groups is 2. The van der Waals surface area contributed by atoms with Crippen molar-refractivity contribution in [3.63, 3.8) is 0 Å². The topological polar surface area (TPSA) is 69.6 Å². The number of amides is 2. The molecule has 0 saturated heterocycles. The van der Waals surface area contributed by atoms with E-state index in [0.717, 1.165) is 19.3 Å². The second-order valence-electron chi connectivity index (χ2n) is 4.86. The van der Waals surface area contributed by atoms with Gasteiger partial charge in [0.1, 0.15) is 0 Å². The molecule has 4 atom stereocenters. The Morgan fingerprint density at radius 1 is 1.25 bits per heavy atom. The number of hydrogen-bond donors (Lipinski definition) is 2. The summed E-state index contributed by atoms with van der Waals surface area (Å²) >= 11 is 0. The zero-order valence-corrected chi connectivity index (χ0v) is 9.64. The van der Waals surface area contributed by atoms with Crippen molar-refractivity contribution in [1.29, 1.82) is 0 Å². The first kappa shape index (κ1) is 11.4. The van der Waals surface area contributed by atoms with Crippen LogP contribution in [-0.4, -0.2) is 36.2 Å². The molecule has 2 bridgehead atoms. The van der Waals surface area contributed by atoms with Gasteiger partial charge in [0.15, 0.2) is 0 Å². The second-order valence-corrected chi connectivity index (χ2v) is 4.86. The van der Waals surface area contributed by atoms with Gasteiger partial charge in [0.05, 0.1) is 11.8 Å². The number of nitrogens with zero attached hydrogens (tertiary/aromatic N) is 1. The highest BCUT2D eigenvalue weighted by Gasteiger charge is 2.54. The zero-order chi connectivity index (χ0) is 11.9. The molecule has 16 heavy (non-hydrogen) atoms. The van der Waals surface area contributed by atoms with Gasteiger partial charge in [-0.05, 0) is 31.1 Å². The molecule has 0 spiro atoms. The predicted molar refractivity (Wildman–Crippen MR) is 56.4 cm³/mol. The highest BCUT2D eigenvalue weighted by Crippen LogP contribution is 2.52. The molecule has 5 nitrogen and oxygen atoms in total. The lowest BCUT2D eigenvalue weighted by Crippen LogP contribution is -2.44. The van der Waals surface area contributed by atoms with E-state index >= 15 is 0 Å². The van der Waals surface area contributed by atoms with E-state index in [2.05, 4.69) is 5.32 Å². The Bertz CT molecular complexity index is 316. The molecular formula is C11H18N2O3. The first-order valence-electron chi connectivity index (χ1n) is 5.74. The summed E-state index contributed by atoms with van der Waals surface area (Å²) in [6.07, 6.45) is 2.98. The Morgan fingerprint density at radius 2 is 1.81 bits per heavy atom. The molecule has 2 rings (SSSR count). The summed E-state index contributed by atoms with van der Waals surface area (Å²) in [6, 6.07) is 0. The van der Waals surface area contributed by atoms with E-state index in [4.69, 9.17) is 0 Å². The van der Waals surface area contributed by atoms with E-state index < -0.39 is 0 Å². The molecular weight excluding hydrogens is 208 g/mol. The van der Waals surface area contributed by atoms with Crippen molar-refractivity contribution in [3.05, 3.63) is 0 Å². The van der Waals surface area contributed by atoms with E-state index in [9.17, 15) is 14.8 Å². The lowest BCUT2D eigenvalue weighted by Gasteiger charge is -2.29. The molecule has 2 amide bonds. The van der Waals surface area contributed by atoms with E-state index in [1.54, 1.807) is 7.05 Å². The van der Waals surface area contributed by atoms with Crippen molar-refractivity contribution in [2.75, 3.05) is 14.1 Å². The molecule has 0 aromatic rings. The minimum atomic E-state index is -0.325. The number of fused-ring (bicyclic) bond motifs is 2. The third kappa shape index (κ3) is 1.59. The third-order valence-corrected chi connectivity index (χ3v) is 4.07. The Hall–Kier alpha value is -1.10. The smallest absolute Gasteiger partial charge is 0.249 e. The molecule has 2 saturated carbocycles. The zero-order valence-electron chi connectivity index (χ0n) is 9.64. The van der Waals surface area contributed by atoms with Crippen LogP contribution in [-0.2, 0) is 9.59 Å². The van der Waals surface area contributed by atoms with Crippen molar-refractivity contribution >= 4 is 11.8 Å². The SMILES string of the molecule is CNC(=O)[C@H]1C2CCC(C2)[C@@H]1C(=O)N(C)O. The first-order chi connectivity index (χ1) is 7.56. The van der Waals surface area contributed by atoms with E-state index in [1.165, 1.54) is 7.05 Å². The number of nitrogens with one attached hydrogen (secondary N) is 1. The molecule has 0 aromatic carbocycles. The van der Waals surface area contributed by atoms with Gasteiger partial charge >= 0.3 is 0 Å². The van der Waals surface area contributed by atoms with Gasteiger partial charge in [0.2, 0.25) is 11.8 Å². The van der Waals surface area contributed by atoms with Gasteiger partial charge in [0.25, 0.3) is 0 Å². The van der Waals surface area contributed by atoms with Crippen molar-refractivity contribution in [2.24, 2.45) is 23.7 Å². The van der Waals surface area contributed by atoms with Crippen LogP contribution in [0, 0.1) is 23.7 Å². The molecule has 2 N–H and O–H groups in total. The fourth-order valence-corrected chi connectivity index (χ4v) is 3.41. The predicted octanol–water partition coefficient (Wildman–Crippen LogP) is 0.242. The molecule has 90 valence electrons. The van der Waals surface area contributed by atoms with Gasteiger partial charge in [-0.3, -0.25) is 14.8 Å². The quantitative estimate of drug-likeness (QED) is 0.523. The molecule has 5 heteroatoms. The summed E-state index contributed by atoms with van der Waals surface area (Å²) in [7, 11) is 2.92. The monoisotopic (exact) mass is 226 g/mol. The van der Waals surface area contributed by atoms with Crippen LogP contribution in [0.4, 0.5) is 0 Å². The van der Waals surface area contributed by atoms with Gasteiger partial charge < -0.3 is 5.32 Å². The maximum atomic E-state index is 11.9. The van der Waals surface area contributed by atoms with Gasteiger partial charge in [-0.15, -0.1) is 0 Å². The van der Waals surface area contributed by atoms with Crippen molar-refractivity contribution in [2.45, 2.75) is 19.3 Å². The molecule has 2 aliphatic carbocycles. The van der Waals surface area contributed by atoms with Gasteiger partial charge in [0, 0.05) is 14.1 Å².